The standard InChI is InChI=1S/C24BCl8F12.C22H23O2Se/c26-5-1(13(34)21(42)17(38)9(5)30)25(2-6(27)10(31)18(39)22(43)14(2)35,3-7(28)11(32)19(40)23(44)15(3)36)4-8(29)12(33)20(41)24(45)16(4)37;1-2-23-17-18-24-21-15-9-10-16-22(21)25(19-11-5-3-6-12-19)20-13-7-4-8-14-20/h;3-16H,2,17-18H2,1H3/q-1;+1. The van der Waals surface area contributed by atoms with E-state index in [1.807, 2.05) is 13.0 Å². The van der Waals surface area contributed by atoms with Crippen LogP contribution < -0.4 is 40.0 Å². The first-order chi connectivity index (χ1) is 33.1. The smallest absolute Gasteiger partial charge is 0.192 e. The molecule has 0 heterocycles. The molecule has 0 radical (unpaired) electrons. The second kappa shape index (κ2) is 23.1. The minimum absolute atomic E-state index is 0.577. The second-order valence-corrected chi connectivity index (χ2v) is 21.4. The summed E-state index contributed by atoms with van der Waals surface area (Å²) in [5, 5.41) is -13.9. The third-order valence-corrected chi connectivity index (χ3v) is 18.6. The molecule has 24 heteroatoms. The van der Waals surface area contributed by atoms with Crippen molar-refractivity contribution >= 4 is 148 Å². The van der Waals surface area contributed by atoms with Crippen LogP contribution >= 0.6 is 92.8 Å². The Balaban J connectivity index is 0.000000270. The van der Waals surface area contributed by atoms with Gasteiger partial charge in [-0.2, -0.15) is 0 Å². The summed E-state index contributed by atoms with van der Waals surface area (Å²) < 4.78 is 198. The first kappa shape index (κ1) is 55.7. The minimum Gasteiger partial charge on any atom is -0.207 e. The van der Waals surface area contributed by atoms with Crippen LogP contribution in [0, 0.1) is 69.8 Å². The van der Waals surface area contributed by atoms with Gasteiger partial charge < -0.3 is 0 Å². The molecule has 0 aromatic heterocycles. The third-order valence-electron chi connectivity index (χ3n) is 10.4. The maximum atomic E-state index is 16.0. The van der Waals surface area contributed by atoms with Gasteiger partial charge in [0.05, 0.1) is 20.1 Å². The van der Waals surface area contributed by atoms with Crippen LogP contribution in [-0.2, 0) is 4.74 Å². The maximum Gasteiger partial charge on any atom is 0.192 e. The van der Waals surface area contributed by atoms with Gasteiger partial charge in [0.15, 0.2) is 46.5 Å². The Morgan fingerprint density at radius 2 is 0.671 bits per heavy atom. The van der Waals surface area contributed by atoms with Crippen molar-refractivity contribution in [2.24, 2.45) is 0 Å². The second-order valence-electron chi connectivity index (χ2n) is 14.2. The summed E-state index contributed by atoms with van der Waals surface area (Å²) in [6, 6.07) is 30.0. The first-order valence-electron chi connectivity index (χ1n) is 19.5. The van der Waals surface area contributed by atoms with Crippen molar-refractivity contribution in [3.63, 3.8) is 0 Å². The molecule has 70 heavy (non-hydrogen) atoms. The normalized spacial score (nSPS) is 11.6. The number of benzene rings is 7. The van der Waals surface area contributed by atoms with E-state index < -0.39 is 152 Å². The molecule has 0 N–H and O–H groups in total. The molecule has 0 amide bonds. The Hall–Kier alpha value is -3.64. The summed E-state index contributed by atoms with van der Waals surface area (Å²) in [5.41, 5.74) is -8.47. The van der Waals surface area contributed by atoms with E-state index in [4.69, 9.17) is 102 Å². The van der Waals surface area contributed by atoms with Crippen LogP contribution in [0.5, 0.6) is 5.75 Å². The van der Waals surface area contributed by atoms with Crippen molar-refractivity contribution in [1.29, 1.82) is 0 Å². The molecule has 7 rings (SSSR count). The Labute approximate surface area is 434 Å². The zero-order chi connectivity index (χ0) is 51.7. The van der Waals surface area contributed by atoms with Crippen molar-refractivity contribution < 1.29 is 62.2 Å². The van der Waals surface area contributed by atoms with Gasteiger partial charge in [0, 0.05) is 20.1 Å². The predicted octanol–water partition coefficient (Wildman–Crippen LogP) is 12.6. The molecule has 0 unspecified atom stereocenters. The third kappa shape index (κ3) is 9.92. The summed E-state index contributed by atoms with van der Waals surface area (Å²) >= 11 is 45.2. The van der Waals surface area contributed by atoms with E-state index in [0.717, 1.165) is 12.4 Å². The zero-order valence-corrected chi connectivity index (χ0v) is 42.3. The fourth-order valence-electron chi connectivity index (χ4n) is 7.47. The van der Waals surface area contributed by atoms with Crippen LogP contribution in [0.1, 0.15) is 6.92 Å². The molecular formula is C46H23BCl8F12O2Se. The fraction of sp³-hybridized carbons (Fsp3) is 0.0870. The molecule has 0 saturated carbocycles. The monoisotopic (exact) mass is 1210 g/mol. The molecule has 0 saturated heterocycles. The van der Waals surface area contributed by atoms with E-state index in [1.165, 1.54) is 13.4 Å². The molecule has 7 aromatic carbocycles. The Morgan fingerprint density at radius 1 is 0.371 bits per heavy atom. The number of halogens is 20. The van der Waals surface area contributed by atoms with E-state index >= 15 is 35.1 Å². The van der Waals surface area contributed by atoms with Gasteiger partial charge in [-0.3, -0.25) is 0 Å². The molecule has 0 aliphatic heterocycles. The van der Waals surface area contributed by atoms with E-state index in [9.17, 15) is 17.6 Å². The van der Waals surface area contributed by atoms with Gasteiger partial charge in [-0.15, -0.1) is 21.9 Å². The molecule has 368 valence electrons. The van der Waals surface area contributed by atoms with E-state index in [2.05, 4.69) is 78.9 Å². The minimum atomic E-state index is -5.62. The average Bonchev–Trinajstić information content (AvgIpc) is 3.36. The number of hydrogen-bond acceptors (Lipinski definition) is 2. The van der Waals surface area contributed by atoms with Crippen molar-refractivity contribution in [2.75, 3.05) is 19.8 Å². The van der Waals surface area contributed by atoms with Gasteiger partial charge >= 0.3 is 154 Å². The van der Waals surface area contributed by atoms with Crippen LogP contribution in [0.3, 0.4) is 0 Å². The summed E-state index contributed by atoms with van der Waals surface area (Å²) in [5.74, 6) is -30.3. The summed E-state index contributed by atoms with van der Waals surface area (Å²) in [6.07, 6.45) is -5.62. The average molecular weight is 1210 g/mol. The van der Waals surface area contributed by atoms with E-state index in [1.54, 1.807) is 0 Å². The Kier molecular flexibility index (Phi) is 18.3. The molecule has 0 fully saturated rings. The van der Waals surface area contributed by atoms with Gasteiger partial charge in [0.25, 0.3) is 0 Å². The molecule has 2 nitrogen and oxygen atoms in total. The molecule has 0 aliphatic rings. The van der Waals surface area contributed by atoms with Crippen LogP contribution in [-0.4, -0.2) is 39.9 Å². The Bertz CT molecular complexity index is 2710. The van der Waals surface area contributed by atoms with Gasteiger partial charge in [0.2, 0.25) is 0 Å². The predicted molar refractivity (Wildman–Crippen MR) is 256 cm³/mol. The molecule has 0 atom stereocenters. The van der Waals surface area contributed by atoms with Gasteiger partial charge in [0.1, 0.15) is 29.4 Å². The topological polar surface area (TPSA) is 18.5 Å². The van der Waals surface area contributed by atoms with E-state index in [0.29, 0.717) is 13.2 Å². The SMILES string of the molecule is CCOCCOc1ccccc1[Se+](c1ccccc1)c1ccccc1.Fc1c(F)c(Cl)c(Cl)c([B-](c2c(F)c(F)c(F)c(Cl)c2Cl)(c2c(F)c(F)c(F)c(Cl)c2Cl)c2c(F)c(F)c(F)c(Cl)c2Cl)c1F. The van der Waals surface area contributed by atoms with Gasteiger partial charge in [-0.1, -0.05) is 92.8 Å². The van der Waals surface area contributed by atoms with Crippen LogP contribution in [0.2, 0.25) is 40.2 Å². The first-order valence-corrected chi connectivity index (χ1v) is 25.1. The Morgan fingerprint density at radius 3 is 0.986 bits per heavy atom. The molecule has 7 aromatic rings. The largest absolute Gasteiger partial charge is 0.207 e. The quantitative estimate of drug-likeness (QED) is 0.0399. The van der Waals surface area contributed by atoms with Gasteiger partial charge in [-0.25, -0.2) is 52.7 Å². The summed E-state index contributed by atoms with van der Waals surface area (Å²) in [4.78, 5) is 0. The van der Waals surface area contributed by atoms with Crippen LogP contribution in [0.4, 0.5) is 52.7 Å². The van der Waals surface area contributed by atoms with Crippen molar-refractivity contribution in [1.82, 2.24) is 0 Å². The summed E-state index contributed by atoms with van der Waals surface area (Å²) in [7, 11) is 0. The van der Waals surface area contributed by atoms with Gasteiger partial charge in [-0.05, 0) is 0 Å². The van der Waals surface area contributed by atoms with E-state index in [-0.39, 0.29) is 0 Å². The number of ether oxygens (including phenoxy) is 2. The molecule has 0 bridgehead atoms. The van der Waals surface area contributed by atoms with Crippen molar-refractivity contribution in [2.45, 2.75) is 6.92 Å². The fourth-order valence-corrected chi connectivity index (χ4v) is 14.1. The van der Waals surface area contributed by atoms with Crippen LogP contribution in [0.25, 0.3) is 0 Å². The number of hydrogen-bond donors (Lipinski definition) is 0. The zero-order valence-electron chi connectivity index (χ0n) is 34.6. The summed E-state index contributed by atoms with van der Waals surface area (Å²) in [6.45, 7) is 3.91. The van der Waals surface area contributed by atoms with Crippen molar-refractivity contribution in [3.05, 3.63) is 195 Å². The molecular weight excluding hydrogens is 1190 g/mol. The van der Waals surface area contributed by atoms with Crippen molar-refractivity contribution in [3.8, 4) is 5.75 Å². The maximum absolute atomic E-state index is 16.0. The number of rotatable bonds is 12. The molecule has 0 aliphatic carbocycles. The number of para-hydroxylation sites is 1. The van der Waals surface area contributed by atoms with Crippen LogP contribution in [0.15, 0.2) is 84.9 Å². The molecule has 0 spiro atoms.